The summed E-state index contributed by atoms with van der Waals surface area (Å²) >= 11 is 5.79. The number of ketones is 1. The lowest BCUT2D eigenvalue weighted by atomic mass is 9.98. The highest BCUT2D eigenvalue weighted by Crippen LogP contribution is 2.24. The fraction of sp³-hybridized carbons (Fsp3) is 0.250. The molecule has 94 valence electrons. The number of esters is 2. The molecule has 6 heteroatoms. The van der Waals surface area contributed by atoms with Crippen molar-refractivity contribution in [2.24, 2.45) is 0 Å². The standard InChI is InChI=1S/C12H9ClO5/c1-6(14)18-12(16)11-10(15)9-4-8(13)3-2-7(9)5-17-11/h2-4,11H,5H2,1H3. The second kappa shape index (κ2) is 4.88. The third kappa shape index (κ3) is 2.42. The second-order valence-corrected chi connectivity index (χ2v) is 4.21. The Bertz CT molecular complexity index is 537. The van der Waals surface area contributed by atoms with Crippen molar-refractivity contribution in [2.45, 2.75) is 19.6 Å². The van der Waals surface area contributed by atoms with Gasteiger partial charge in [0.25, 0.3) is 0 Å². The third-order valence-electron chi connectivity index (χ3n) is 2.44. The molecule has 1 aromatic rings. The number of carbonyl (C=O) groups excluding carboxylic acids is 3. The molecule has 2 rings (SSSR count). The smallest absolute Gasteiger partial charge is 0.351 e. The topological polar surface area (TPSA) is 69.7 Å². The summed E-state index contributed by atoms with van der Waals surface area (Å²) in [5, 5.41) is 0.391. The van der Waals surface area contributed by atoms with Crippen LogP contribution in [-0.2, 0) is 25.7 Å². The molecule has 0 N–H and O–H groups in total. The Morgan fingerprint density at radius 1 is 1.44 bits per heavy atom. The normalized spacial score (nSPS) is 18.1. The van der Waals surface area contributed by atoms with E-state index in [1.807, 2.05) is 0 Å². The molecule has 5 nitrogen and oxygen atoms in total. The summed E-state index contributed by atoms with van der Waals surface area (Å²) in [5.74, 6) is -2.34. The van der Waals surface area contributed by atoms with Crippen LogP contribution in [0.2, 0.25) is 5.02 Å². The van der Waals surface area contributed by atoms with E-state index in [1.54, 1.807) is 12.1 Å². The molecule has 18 heavy (non-hydrogen) atoms. The lowest BCUT2D eigenvalue weighted by Crippen LogP contribution is -2.38. The Balaban J connectivity index is 2.27. The minimum absolute atomic E-state index is 0.0932. The molecule has 1 aromatic carbocycles. The highest BCUT2D eigenvalue weighted by Gasteiger charge is 2.35. The van der Waals surface area contributed by atoms with Gasteiger partial charge in [-0.2, -0.15) is 0 Å². The number of halogens is 1. The molecular weight excluding hydrogens is 260 g/mol. The average molecular weight is 269 g/mol. The van der Waals surface area contributed by atoms with E-state index in [9.17, 15) is 14.4 Å². The monoisotopic (exact) mass is 268 g/mol. The summed E-state index contributed by atoms with van der Waals surface area (Å²) in [6, 6.07) is 4.75. The van der Waals surface area contributed by atoms with Crippen LogP contribution in [-0.4, -0.2) is 23.8 Å². The first-order chi connectivity index (χ1) is 8.49. The van der Waals surface area contributed by atoms with Crippen molar-refractivity contribution in [2.75, 3.05) is 0 Å². The van der Waals surface area contributed by atoms with Gasteiger partial charge in [0, 0.05) is 17.5 Å². The Morgan fingerprint density at radius 3 is 2.83 bits per heavy atom. The molecule has 0 spiro atoms. The Morgan fingerprint density at radius 2 is 2.17 bits per heavy atom. The molecule has 0 amide bonds. The average Bonchev–Trinajstić information content (AvgIpc) is 2.29. The quantitative estimate of drug-likeness (QED) is 0.570. The number of hydrogen-bond donors (Lipinski definition) is 0. The van der Waals surface area contributed by atoms with Gasteiger partial charge in [0.2, 0.25) is 11.9 Å². The molecule has 0 radical (unpaired) electrons. The van der Waals surface area contributed by atoms with Crippen LogP contribution in [0.5, 0.6) is 0 Å². The minimum atomic E-state index is -1.40. The SMILES string of the molecule is CC(=O)OC(=O)C1OCc2ccc(Cl)cc2C1=O. The first kappa shape index (κ1) is 12.7. The van der Waals surface area contributed by atoms with Gasteiger partial charge in [-0.15, -0.1) is 0 Å². The maximum absolute atomic E-state index is 12.0. The lowest BCUT2D eigenvalue weighted by molar-refractivity contribution is -0.165. The number of benzene rings is 1. The number of fused-ring (bicyclic) bond motifs is 1. The summed E-state index contributed by atoms with van der Waals surface area (Å²) in [7, 11) is 0. The summed E-state index contributed by atoms with van der Waals surface area (Å²) in [6.45, 7) is 1.17. The van der Waals surface area contributed by atoms with E-state index in [4.69, 9.17) is 16.3 Å². The van der Waals surface area contributed by atoms with Gasteiger partial charge < -0.3 is 9.47 Å². The van der Waals surface area contributed by atoms with Gasteiger partial charge in [-0.25, -0.2) is 4.79 Å². The fourth-order valence-corrected chi connectivity index (χ4v) is 1.84. The Hall–Kier alpha value is -1.72. The van der Waals surface area contributed by atoms with Gasteiger partial charge in [0.1, 0.15) is 0 Å². The van der Waals surface area contributed by atoms with Crippen molar-refractivity contribution < 1.29 is 23.9 Å². The van der Waals surface area contributed by atoms with Crippen molar-refractivity contribution in [3.05, 3.63) is 34.3 Å². The number of carbonyl (C=O) groups is 3. The van der Waals surface area contributed by atoms with Crippen LogP contribution >= 0.6 is 11.6 Å². The van der Waals surface area contributed by atoms with E-state index >= 15 is 0 Å². The second-order valence-electron chi connectivity index (χ2n) is 3.77. The maximum atomic E-state index is 12.0. The van der Waals surface area contributed by atoms with E-state index in [0.717, 1.165) is 6.92 Å². The third-order valence-corrected chi connectivity index (χ3v) is 2.67. The van der Waals surface area contributed by atoms with Crippen LogP contribution in [0.3, 0.4) is 0 Å². The van der Waals surface area contributed by atoms with Crippen molar-refractivity contribution in [1.29, 1.82) is 0 Å². The first-order valence-electron chi connectivity index (χ1n) is 5.15. The molecule has 0 saturated carbocycles. The first-order valence-corrected chi connectivity index (χ1v) is 5.53. The van der Waals surface area contributed by atoms with Crippen LogP contribution in [0, 0.1) is 0 Å². The molecule has 1 aliphatic rings. The number of Topliss-reactive ketones (excluding diaryl/α,β-unsaturated/α-hetero) is 1. The molecule has 0 aromatic heterocycles. The van der Waals surface area contributed by atoms with E-state index < -0.39 is 23.8 Å². The largest absolute Gasteiger partial charge is 0.391 e. The van der Waals surface area contributed by atoms with Gasteiger partial charge in [-0.1, -0.05) is 17.7 Å². The molecule has 0 aliphatic carbocycles. The summed E-state index contributed by atoms with van der Waals surface area (Å²) in [5.41, 5.74) is 0.968. The van der Waals surface area contributed by atoms with E-state index in [0.29, 0.717) is 16.1 Å². The molecule has 0 bridgehead atoms. The van der Waals surface area contributed by atoms with Crippen LogP contribution < -0.4 is 0 Å². The van der Waals surface area contributed by atoms with E-state index in [2.05, 4.69) is 4.74 Å². The summed E-state index contributed by atoms with van der Waals surface area (Å²) < 4.78 is 9.45. The lowest BCUT2D eigenvalue weighted by Gasteiger charge is -2.22. The van der Waals surface area contributed by atoms with Crippen molar-refractivity contribution >= 4 is 29.3 Å². The van der Waals surface area contributed by atoms with Crippen LogP contribution in [0.25, 0.3) is 0 Å². The van der Waals surface area contributed by atoms with Crippen LogP contribution in [0.4, 0.5) is 0 Å². The highest BCUT2D eigenvalue weighted by atomic mass is 35.5. The fourth-order valence-electron chi connectivity index (χ4n) is 1.66. The van der Waals surface area contributed by atoms with Gasteiger partial charge >= 0.3 is 11.9 Å². The van der Waals surface area contributed by atoms with Gasteiger partial charge in [-0.3, -0.25) is 9.59 Å². The Kier molecular flexibility index (Phi) is 3.45. The summed E-state index contributed by atoms with van der Waals surface area (Å²) in [6.07, 6.45) is -1.40. The molecule has 0 fully saturated rings. The number of rotatable bonds is 1. The predicted octanol–water partition coefficient (Wildman–Crippen LogP) is 1.51. The van der Waals surface area contributed by atoms with Gasteiger partial charge in [-0.05, 0) is 17.7 Å². The minimum Gasteiger partial charge on any atom is -0.391 e. The van der Waals surface area contributed by atoms with Crippen molar-refractivity contribution in [3.63, 3.8) is 0 Å². The highest BCUT2D eigenvalue weighted by molar-refractivity contribution is 6.31. The Labute approximate surface area is 108 Å². The van der Waals surface area contributed by atoms with E-state index in [-0.39, 0.29) is 6.61 Å². The molecule has 1 heterocycles. The molecule has 0 saturated heterocycles. The molecule has 1 atom stereocenters. The number of ether oxygens (including phenoxy) is 2. The zero-order valence-corrected chi connectivity index (χ0v) is 10.2. The number of hydrogen-bond acceptors (Lipinski definition) is 5. The zero-order chi connectivity index (χ0) is 13.3. The summed E-state index contributed by atoms with van der Waals surface area (Å²) in [4.78, 5) is 34.2. The molecular formula is C12H9ClO5. The molecule has 1 unspecified atom stereocenters. The maximum Gasteiger partial charge on any atom is 0.351 e. The van der Waals surface area contributed by atoms with Gasteiger partial charge in [0.05, 0.1) is 6.61 Å². The zero-order valence-electron chi connectivity index (χ0n) is 9.44. The van der Waals surface area contributed by atoms with Crippen LogP contribution in [0.1, 0.15) is 22.8 Å². The van der Waals surface area contributed by atoms with Crippen molar-refractivity contribution in [3.8, 4) is 0 Å². The van der Waals surface area contributed by atoms with Gasteiger partial charge in [0.15, 0.2) is 0 Å². The van der Waals surface area contributed by atoms with E-state index in [1.165, 1.54) is 6.07 Å². The molecule has 1 aliphatic heterocycles. The van der Waals surface area contributed by atoms with Crippen LogP contribution in [0.15, 0.2) is 18.2 Å². The predicted molar refractivity (Wildman–Crippen MR) is 61.1 cm³/mol. The van der Waals surface area contributed by atoms with Crippen molar-refractivity contribution in [1.82, 2.24) is 0 Å².